The van der Waals surface area contributed by atoms with E-state index in [-0.39, 0.29) is 18.9 Å². The molecule has 0 N–H and O–H groups in total. The summed E-state index contributed by atoms with van der Waals surface area (Å²) < 4.78 is 16.1. The van der Waals surface area contributed by atoms with E-state index in [2.05, 4.69) is 0 Å². The second kappa shape index (κ2) is 11.0. The van der Waals surface area contributed by atoms with Crippen LogP contribution in [0, 0.1) is 5.92 Å². The maximum atomic E-state index is 12.6. The Kier molecular flexibility index (Phi) is 7.57. The molecule has 1 fully saturated rings. The number of anilines is 1. The Labute approximate surface area is 206 Å². The number of nitrogens with zero attached hydrogens (tertiary/aromatic N) is 1. The summed E-state index contributed by atoms with van der Waals surface area (Å²) in [6, 6.07) is 16.6. The summed E-state index contributed by atoms with van der Waals surface area (Å²) in [6.45, 7) is 2.00. The topological polar surface area (TPSA) is 99.2 Å². The molecule has 0 radical (unpaired) electrons. The maximum absolute atomic E-state index is 12.6. The third-order valence-corrected chi connectivity index (χ3v) is 6.22. The molecule has 2 heterocycles. The SMILES string of the molecule is CCOc1ccccc1N1C[C@H](C(=O)OCC(=O)c2ccc(OC(=O)c3cccs3)cc2)CC1=O. The van der Waals surface area contributed by atoms with Crippen molar-refractivity contribution in [1.82, 2.24) is 0 Å². The molecule has 1 aliphatic heterocycles. The van der Waals surface area contributed by atoms with E-state index >= 15 is 0 Å². The average Bonchev–Trinajstić information content (AvgIpc) is 3.54. The maximum Gasteiger partial charge on any atom is 0.353 e. The van der Waals surface area contributed by atoms with Gasteiger partial charge in [0.2, 0.25) is 5.91 Å². The van der Waals surface area contributed by atoms with Crippen LogP contribution in [0.3, 0.4) is 0 Å². The minimum atomic E-state index is -0.677. The summed E-state index contributed by atoms with van der Waals surface area (Å²) in [6.07, 6.45) is -0.00219. The highest BCUT2D eigenvalue weighted by Gasteiger charge is 2.37. The molecule has 0 aliphatic carbocycles. The van der Waals surface area contributed by atoms with E-state index in [1.165, 1.54) is 40.5 Å². The minimum absolute atomic E-state index is 0.00219. The number of hydrogen-bond acceptors (Lipinski definition) is 8. The molecule has 0 unspecified atom stereocenters. The fourth-order valence-electron chi connectivity index (χ4n) is 3.65. The molecule has 4 rings (SSSR count). The summed E-state index contributed by atoms with van der Waals surface area (Å²) in [5, 5.41) is 1.78. The van der Waals surface area contributed by atoms with Gasteiger partial charge in [0.15, 0.2) is 12.4 Å². The number of amides is 1. The van der Waals surface area contributed by atoms with Crippen LogP contribution >= 0.6 is 11.3 Å². The molecule has 1 atom stereocenters. The second-order valence-corrected chi connectivity index (χ2v) is 8.68. The Morgan fingerprint density at radius 2 is 1.80 bits per heavy atom. The van der Waals surface area contributed by atoms with Crippen LogP contribution in [0.5, 0.6) is 11.5 Å². The lowest BCUT2D eigenvalue weighted by Gasteiger charge is -2.19. The van der Waals surface area contributed by atoms with Crippen molar-refractivity contribution >= 4 is 40.7 Å². The van der Waals surface area contributed by atoms with Crippen LogP contribution in [-0.2, 0) is 14.3 Å². The van der Waals surface area contributed by atoms with Crippen LogP contribution in [-0.4, -0.2) is 43.4 Å². The lowest BCUT2D eigenvalue weighted by Crippen LogP contribution is -2.27. The smallest absolute Gasteiger partial charge is 0.353 e. The molecule has 8 nitrogen and oxygen atoms in total. The molecule has 0 saturated carbocycles. The van der Waals surface area contributed by atoms with Gasteiger partial charge in [-0.15, -0.1) is 11.3 Å². The van der Waals surface area contributed by atoms with Crippen LogP contribution in [0.1, 0.15) is 33.4 Å². The quantitative estimate of drug-likeness (QED) is 0.251. The van der Waals surface area contributed by atoms with Crippen LogP contribution in [0.4, 0.5) is 5.69 Å². The first-order valence-corrected chi connectivity index (χ1v) is 11.9. The number of thiophene rings is 1. The average molecular weight is 494 g/mol. The van der Waals surface area contributed by atoms with Crippen molar-refractivity contribution in [2.24, 2.45) is 5.92 Å². The van der Waals surface area contributed by atoms with Gasteiger partial charge in [-0.3, -0.25) is 14.4 Å². The summed E-state index contributed by atoms with van der Waals surface area (Å²) in [4.78, 5) is 51.6. The predicted molar refractivity (Wildman–Crippen MR) is 129 cm³/mol. The molecule has 1 aromatic heterocycles. The van der Waals surface area contributed by atoms with Crippen molar-refractivity contribution in [2.75, 3.05) is 24.7 Å². The van der Waals surface area contributed by atoms with Gasteiger partial charge in [0.1, 0.15) is 16.4 Å². The lowest BCUT2D eigenvalue weighted by atomic mass is 10.1. The van der Waals surface area contributed by atoms with E-state index in [0.29, 0.717) is 34.2 Å². The van der Waals surface area contributed by atoms with Gasteiger partial charge in [0.25, 0.3) is 0 Å². The second-order valence-electron chi connectivity index (χ2n) is 7.73. The zero-order chi connectivity index (χ0) is 24.8. The van der Waals surface area contributed by atoms with Crippen molar-refractivity contribution in [3.8, 4) is 11.5 Å². The number of hydrogen-bond donors (Lipinski definition) is 0. The molecule has 1 saturated heterocycles. The van der Waals surface area contributed by atoms with E-state index in [1.807, 2.05) is 13.0 Å². The monoisotopic (exact) mass is 493 g/mol. The van der Waals surface area contributed by atoms with Crippen LogP contribution in [0.25, 0.3) is 0 Å². The summed E-state index contributed by atoms with van der Waals surface area (Å²) in [5.41, 5.74) is 0.911. The predicted octanol–water partition coefficient (Wildman–Crippen LogP) is 4.15. The molecular weight excluding hydrogens is 470 g/mol. The molecule has 3 aromatic rings. The van der Waals surface area contributed by atoms with Crippen molar-refractivity contribution in [2.45, 2.75) is 13.3 Å². The standard InChI is InChI=1S/C26H23NO7S/c1-2-32-22-7-4-3-6-20(22)27-15-18(14-24(27)29)25(30)33-16-21(28)17-9-11-19(12-10-17)34-26(31)23-8-5-13-35-23/h3-13,18H,2,14-16H2,1H3/t18-/m1/s1. The first kappa shape index (κ1) is 24.2. The van der Waals surface area contributed by atoms with Gasteiger partial charge < -0.3 is 19.1 Å². The summed E-state index contributed by atoms with van der Waals surface area (Å²) in [7, 11) is 0. The Balaban J connectivity index is 1.30. The zero-order valence-corrected chi connectivity index (χ0v) is 19.8. The Hall–Kier alpha value is -3.98. The van der Waals surface area contributed by atoms with Crippen molar-refractivity contribution < 1.29 is 33.4 Å². The molecule has 9 heteroatoms. The van der Waals surface area contributed by atoms with Crippen molar-refractivity contribution in [1.29, 1.82) is 0 Å². The fourth-order valence-corrected chi connectivity index (χ4v) is 4.25. The van der Waals surface area contributed by atoms with Gasteiger partial charge in [-0.2, -0.15) is 0 Å². The normalized spacial score (nSPS) is 15.1. The number of carbonyl (C=O) groups is 4. The highest BCUT2D eigenvalue weighted by atomic mass is 32.1. The summed E-state index contributed by atoms with van der Waals surface area (Å²) in [5.74, 6) is -1.51. The highest BCUT2D eigenvalue weighted by molar-refractivity contribution is 7.12. The van der Waals surface area contributed by atoms with Gasteiger partial charge >= 0.3 is 11.9 Å². The molecule has 180 valence electrons. The largest absolute Gasteiger partial charge is 0.492 e. The first-order chi connectivity index (χ1) is 17.0. The molecule has 1 amide bonds. The van der Waals surface area contributed by atoms with Gasteiger partial charge in [0.05, 0.1) is 18.2 Å². The van der Waals surface area contributed by atoms with Crippen molar-refractivity contribution in [3.05, 3.63) is 76.5 Å². The third-order valence-electron chi connectivity index (χ3n) is 5.37. The van der Waals surface area contributed by atoms with Gasteiger partial charge in [-0.25, -0.2) is 4.79 Å². The molecular formula is C26H23NO7S. The third kappa shape index (κ3) is 5.75. The number of benzene rings is 2. The van der Waals surface area contributed by atoms with Crippen LogP contribution in [0.2, 0.25) is 0 Å². The van der Waals surface area contributed by atoms with Gasteiger partial charge in [-0.05, 0) is 54.8 Å². The number of ketones is 1. The minimum Gasteiger partial charge on any atom is -0.492 e. The van der Waals surface area contributed by atoms with Crippen molar-refractivity contribution in [3.63, 3.8) is 0 Å². The molecule has 0 bridgehead atoms. The zero-order valence-electron chi connectivity index (χ0n) is 19.0. The van der Waals surface area contributed by atoms with Crippen LogP contribution in [0.15, 0.2) is 66.0 Å². The van der Waals surface area contributed by atoms with E-state index in [1.54, 1.807) is 35.7 Å². The lowest BCUT2D eigenvalue weighted by molar-refractivity contribution is -0.147. The molecule has 0 spiro atoms. The van der Waals surface area contributed by atoms with Gasteiger partial charge in [-0.1, -0.05) is 18.2 Å². The number of carbonyl (C=O) groups excluding carboxylic acids is 4. The number of ether oxygens (including phenoxy) is 3. The summed E-state index contributed by atoms with van der Waals surface area (Å²) >= 11 is 1.27. The number of esters is 2. The van der Waals surface area contributed by atoms with Gasteiger partial charge in [0, 0.05) is 18.5 Å². The number of rotatable bonds is 9. The number of Topliss-reactive ketones (excluding diaryl/α,β-unsaturated/α-hetero) is 1. The molecule has 1 aliphatic rings. The molecule has 35 heavy (non-hydrogen) atoms. The fraction of sp³-hybridized carbons (Fsp3) is 0.231. The van der Waals surface area contributed by atoms with E-state index in [0.717, 1.165) is 0 Å². The first-order valence-electron chi connectivity index (χ1n) is 11.0. The van der Waals surface area contributed by atoms with E-state index < -0.39 is 30.2 Å². The Morgan fingerprint density at radius 1 is 1.03 bits per heavy atom. The van der Waals surface area contributed by atoms with E-state index in [9.17, 15) is 19.2 Å². The highest BCUT2D eigenvalue weighted by Crippen LogP contribution is 2.33. The molecule has 2 aromatic carbocycles. The van der Waals surface area contributed by atoms with E-state index in [4.69, 9.17) is 14.2 Å². The number of para-hydroxylation sites is 2. The van der Waals surface area contributed by atoms with Crippen LogP contribution < -0.4 is 14.4 Å². The Bertz CT molecular complexity index is 1220. The Morgan fingerprint density at radius 3 is 2.51 bits per heavy atom.